The van der Waals surface area contributed by atoms with Gasteiger partial charge in [0.25, 0.3) is 5.56 Å². The highest BCUT2D eigenvalue weighted by molar-refractivity contribution is 5.86. The summed E-state index contributed by atoms with van der Waals surface area (Å²) in [5.41, 5.74) is 2.38. The highest BCUT2D eigenvalue weighted by Crippen LogP contribution is 2.23. The molecule has 19 heavy (non-hydrogen) atoms. The number of H-pyrrole nitrogens is 1. The van der Waals surface area contributed by atoms with Crippen molar-refractivity contribution < 1.29 is 0 Å². The fraction of sp³-hybridized carbons (Fsp3) is 0. The van der Waals surface area contributed by atoms with Crippen LogP contribution in [0, 0.1) is 11.3 Å². The third-order valence-electron chi connectivity index (χ3n) is 3.10. The third kappa shape index (κ3) is 2.00. The zero-order valence-electron chi connectivity index (χ0n) is 10.1. The molecule has 3 aromatic rings. The molecule has 0 unspecified atom stereocenters. The van der Waals surface area contributed by atoms with Crippen molar-refractivity contribution >= 4 is 10.8 Å². The molecule has 1 aromatic heterocycles. The second-order valence-corrected chi connectivity index (χ2v) is 4.30. The Hall–Kier alpha value is -2.86. The largest absolute Gasteiger partial charge is 0.329 e. The zero-order valence-corrected chi connectivity index (χ0v) is 10.1. The topological polar surface area (TPSA) is 56.6 Å². The Bertz CT molecular complexity index is 856. The molecule has 0 atom stereocenters. The van der Waals surface area contributed by atoms with Gasteiger partial charge in [-0.05, 0) is 40.8 Å². The Morgan fingerprint density at radius 1 is 1.00 bits per heavy atom. The summed E-state index contributed by atoms with van der Waals surface area (Å²) in [6, 6.07) is 17.1. The summed E-state index contributed by atoms with van der Waals surface area (Å²) in [7, 11) is 0. The van der Waals surface area contributed by atoms with E-state index in [0.29, 0.717) is 10.9 Å². The van der Waals surface area contributed by atoms with Crippen LogP contribution in [-0.4, -0.2) is 4.98 Å². The molecule has 3 nitrogen and oxygen atoms in total. The van der Waals surface area contributed by atoms with Gasteiger partial charge in [-0.2, -0.15) is 5.26 Å². The first-order chi connectivity index (χ1) is 9.28. The maximum atomic E-state index is 11.8. The van der Waals surface area contributed by atoms with Crippen LogP contribution >= 0.6 is 0 Å². The smallest absolute Gasteiger partial charge is 0.255 e. The number of hydrogen-bond acceptors (Lipinski definition) is 2. The van der Waals surface area contributed by atoms with Crippen molar-refractivity contribution in [1.29, 1.82) is 5.26 Å². The Morgan fingerprint density at radius 3 is 2.68 bits per heavy atom. The van der Waals surface area contributed by atoms with Crippen molar-refractivity contribution in [3.8, 4) is 17.2 Å². The lowest BCUT2D eigenvalue weighted by atomic mass is 10.0. The lowest BCUT2D eigenvalue weighted by molar-refractivity contribution is 1.28. The lowest BCUT2D eigenvalue weighted by Crippen LogP contribution is -2.04. The van der Waals surface area contributed by atoms with Crippen molar-refractivity contribution in [3.05, 3.63) is 70.6 Å². The first-order valence-corrected chi connectivity index (χ1v) is 5.90. The molecule has 3 rings (SSSR count). The Kier molecular flexibility index (Phi) is 2.62. The molecule has 2 aromatic carbocycles. The van der Waals surface area contributed by atoms with Crippen LogP contribution in [0.2, 0.25) is 0 Å². The van der Waals surface area contributed by atoms with E-state index in [1.807, 2.05) is 42.5 Å². The Labute approximate surface area is 109 Å². The minimum atomic E-state index is -0.101. The summed E-state index contributed by atoms with van der Waals surface area (Å²) in [6.07, 6.45) is 1.64. The summed E-state index contributed by atoms with van der Waals surface area (Å²) in [4.78, 5) is 14.4. The number of pyridine rings is 1. The molecule has 0 radical (unpaired) electrons. The quantitative estimate of drug-likeness (QED) is 0.717. The van der Waals surface area contributed by atoms with E-state index in [9.17, 15) is 4.79 Å². The van der Waals surface area contributed by atoms with Crippen molar-refractivity contribution in [1.82, 2.24) is 4.98 Å². The normalized spacial score (nSPS) is 10.3. The minimum absolute atomic E-state index is 0.101. The van der Waals surface area contributed by atoms with Crippen molar-refractivity contribution in [2.75, 3.05) is 0 Å². The van der Waals surface area contributed by atoms with Crippen molar-refractivity contribution in [2.45, 2.75) is 0 Å². The molecule has 0 spiro atoms. The molecule has 0 amide bonds. The molecular formula is C16H10N2O. The number of aromatic nitrogens is 1. The first kappa shape index (κ1) is 11.2. The summed E-state index contributed by atoms with van der Waals surface area (Å²) in [5.74, 6) is 0. The Morgan fingerprint density at radius 2 is 1.84 bits per heavy atom. The summed E-state index contributed by atoms with van der Waals surface area (Å²) in [6.45, 7) is 0. The SMILES string of the molecule is N#Cc1cccc(-c2ccc3cc[nH]c(=O)c3c2)c1. The molecule has 0 aliphatic rings. The minimum Gasteiger partial charge on any atom is -0.329 e. The predicted molar refractivity (Wildman–Crippen MR) is 74.7 cm³/mol. The molecule has 0 saturated heterocycles. The Balaban J connectivity index is 2.23. The van der Waals surface area contributed by atoms with E-state index in [-0.39, 0.29) is 5.56 Å². The van der Waals surface area contributed by atoms with Crippen LogP contribution in [0.5, 0.6) is 0 Å². The molecule has 1 N–H and O–H groups in total. The molecule has 0 aliphatic carbocycles. The second kappa shape index (κ2) is 4.43. The number of rotatable bonds is 1. The fourth-order valence-electron chi connectivity index (χ4n) is 2.13. The maximum Gasteiger partial charge on any atom is 0.255 e. The highest BCUT2D eigenvalue weighted by atomic mass is 16.1. The van der Waals surface area contributed by atoms with Gasteiger partial charge in [-0.1, -0.05) is 24.3 Å². The van der Waals surface area contributed by atoms with Gasteiger partial charge in [0.05, 0.1) is 11.6 Å². The van der Waals surface area contributed by atoms with Gasteiger partial charge in [0.15, 0.2) is 0 Å². The molecule has 0 saturated carbocycles. The van der Waals surface area contributed by atoms with Crippen LogP contribution in [0.4, 0.5) is 0 Å². The average Bonchev–Trinajstić information content (AvgIpc) is 2.47. The number of aromatic amines is 1. The molecule has 0 fully saturated rings. The fourth-order valence-corrected chi connectivity index (χ4v) is 2.13. The van der Waals surface area contributed by atoms with E-state index in [2.05, 4.69) is 11.1 Å². The highest BCUT2D eigenvalue weighted by Gasteiger charge is 2.03. The molecule has 90 valence electrons. The number of fused-ring (bicyclic) bond motifs is 1. The van der Waals surface area contributed by atoms with E-state index in [1.165, 1.54) is 0 Å². The average molecular weight is 246 g/mol. The standard InChI is InChI=1S/C16H10N2O/c17-10-11-2-1-3-13(8-11)14-5-4-12-6-7-18-16(19)15(12)9-14/h1-9H,(H,18,19). The summed E-state index contributed by atoms with van der Waals surface area (Å²) < 4.78 is 0. The summed E-state index contributed by atoms with van der Waals surface area (Å²) >= 11 is 0. The number of benzene rings is 2. The van der Waals surface area contributed by atoms with E-state index in [4.69, 9.17) is 5.26 Å². The summed E-state index contributed by atoms with van der Waals surface area (Å²) in [5, 5.41) is 10.5. The maximum absolute atomic E-state index is 11.8. The van der Waals surface area contributed by atoms with Gasteiger partial charge in [0.2, 0.25) is 0 Å². The van der Waals surface area contributed by atoms with Gasteiger partial charge in [0.1, 0.15) is 0 Å². The molecule has 0 aliphatic heterocycles. The van der Waals surface area contributed by atoms with E-state index >= 15 is 0 Å². The van der Waals surface area contributed by atoms with Gasteiger partial charge in [-0.25, -0.2) is 0 Å². The predicted octanol–water partition coefficient (Wildman–Crippen LogP) is 3.07. The van der Waals surface area contributed by atoms with Gasteiger partial charge in [0, 0.05) is 11.6 Å². The second-order valence-electron chi connectivity index (χ2n) is 4.30. The first-order valence-electron chi connectivity index (χ1n) is 5.90. The van der Waals surface area contributed by atoms with Crippen LogP contribution in [0.1, 0.15) is 5.56 Å². The van der Waals surface area contributed by atoms with Gasteiger partial charge in [-0.15, -0.1) is 0 Å². The van der Waals surface area contributed by atoms with Gasteiger partial charge in [-0.3, -0.25) is 4.79 Å². The molecular weight excluding hydrogens is 236 g/mol. The van der Waals surface area contributed by atoms with Crippen molar-refractivity contribution in [3.63, 3.8) is 0 Å². The van der Waals surface area contributed by atoms with E-state index < -0.39 is 0 Å². The molecule has 1 heterocycles. The number of nitriles is 1. The number of nitrogens with one attached hydrogen (secondary N) is 1. The van der Waals surface area contributed by atoms with E-state index in [0.717, 1.165) is 16.5 Å². The van der Waals surface area contributed by atoms with Crippen LogP contribution < -0.4 is 5.56 Å². The van der Waals surface area contributed by atoms with Crippen LogP contribution in [0.3, 0.4) is 0 Å². The van der Waals surface area contributed by atoms with E-state index in [1.54, 1.807) is 12.3 Å². The zero-order chi connectivity index (χ0) is 13.2. The molecule has 0 bridgehead atoms. The number of hydrogen-bond donors (Lipinski definition) is 1. The van der Waals surface area contributed by atoms with Crippen molar-refractivity contribution in [2.24, 2.45) is 0 Å². The third-order valence-corrected chi connectivity index (χ3v) is 3.10. The van der Waals surface area contributed by atoms with Gasteiger partial charge >= 0.3 is 0 Å². The lowest BCUT2D eigenvalue weighted by Gasteiger charge is -2.04. The van der Waals surface area contributed by atoms with Crippen LogP contribution in [0.25, 0.3) is 21.9 Å². The van der Waals surface area contributed by atoms with Crippen LogP contribution in [-0.2, 0) is 0 Å². The van der Waals surface area contributed by atoms with Gasteiger partial charge < -0.3 is 4.98 Å². The molecule has 3 heteroatoms. The monoisotopic (exact) mass is 246 g/mol. The van der Waals surface area contributed by atoms with Crippen LogP contribution in [0.15, 0.2) is 59.5 Å². The number of nitrogens with zero attached hydrogens (tertiary/aromatic N) is 1.